The van der Waals surface area contributed by atoms with E-state index in [1.807, 2.05) is 19.1 Å². The molecule has 1 atom stereocenters. The molecular formula is C10H16N4. The van der Waals surface area contributed by atoms with Gasteiger partial charge < -0.3 is 10.2 Å². The zero-order valence-electron chi connectivity index (χ0n) is 8.70. The van der Waals surface area contributed by atoms with Crippen LogP contribution >= 0.6 is 0 Å². The molecule has 0 aliphatic carbocycles. The summed E-state index contributed by atoms with van der Waals surface area (Å²) < 4.78 is 0. The fourth-order valence-electron chi connectivity index (χ4n) is 1.74. The zero-order chi connectivity index (χ0) is 9.97. The van der Waals surface area contributed by atoms with Crippen molar-refractivity contribution in [1.29, 1.82) is 0 Å². The first-order valence-corrected chi connectivity index (χ1v) is 4.99. The van der Waals surface area contributed by atoms with E-state index in [1.54, 1.807) is 0 Å². The SMILES string of the molecule is Cc1ccc(NC2CCN(C)C2)nn1. The molecule has 1 saturated heterocycles. The van der Waals surface area contributed by atoms with Crippen molar-refractivity contribution in [2.24, 2.45) is 0 Å². The minimum absolute atomic E-state index is 0.525. The lowest BCUT2D eigenvalue weighted by atomic mass is 10.2. The van der Waals surface area contributed by atoms with Crippen molar-refractivity contribution in [1.82, 2.24) is 15.1 Å². The van der Waals surface area contributed by atoms with E-state index in [2.05, 4.69) is 27.5 Å². The maximum atomic E-state index is 4.09. The number of likely N-dealkylation sites (N-methyl/N-ethyl adjacent to an activating group) is 1. The van der Waals surface area contributed by atoms with Crippen LogP contribution in [0, 0.1) is 6.92 Å². The molecule has 76 valence electrons. The highest BCUT2D eigenvalue weighted by atomic mass is 15.2. The highest BCUT2D eigenvalue weighted by molar-refractivity contribution is 5.34. The summed E-state index contributed by atoms with van der Waals surface area (Å²) in [4.78, 5) is 2.32. The van der Waals surface area contributed by atoms with Crippen LogP contribution in [0.3, 0.4) is 0 Å². The summed E-state index contributed by atoms with van der Waals surface area (Å²) in [7, 11) is 2.14. The van der Waals surface area contributed by atoms with E-state index in [0.717, 1.165) is 24.6 Å². The van der Waals surface area contributed by atoms with Crippen molar-refractivity contribution in [3.63, 3.8) is 0 Å². The highest BCUT2D eigenvalue weighted by Gasteiger charge is 2.19. The quantitative estimate of drug-likeness (QED) is 0.756. The lowest BCUT2D eigenvalue weighted by Crippen LogP contribution is -2.24. The number of nitrogens with zero attached hydrogens (tertiary/aromatic N) is 3. The average molecular weight is 192 g/mol. The van der Waals surface area contributed by atoms with E-state index in [1.165, 1.54) is 6.42 Å². The van der Waals surface area contributed by atoms with Crippen LogP contribution in [0.1, 0.15) is 12.1 Å². The zero-order valence-corrected chi connectivity index (χ0v) is 8.70. The Hall–Kier alpha value is -1.16. The summed E-state index contributed by atoms with van der Waals surface area (Å²) in [6.45, 7) is 4.20. The molecule has 1 fully saturated rings. The largest absolute Gasteiger partial charge is 0.365 e. The van der Waals surface area contributed by atoms with Crippen LogP contribution in [-0.4, -0.2) is 41.3 Å². The number of rotatable bonds is 2. The molecule has 0 radical (unpaired) electrons. The molecule has 1 aliphatic rings. The van der Waals surface area contributed by atoms with Gasteiger partial charge in [0.15, 0.2) is 0 Å². The minimum atomic E-state index is 0.525. The van der Waals surface area contributed by atoms with E-state index < -0.39 is 0 Å². The van der Waals surface area contributed by atoms with Crippen LogP contribution in [0.5, 0.6) is 0 Å². The summed E-state index contributed by atoms with van der Waals surface area (Å²) in [5.41, 5.74) is 0.957. The van der Waals surface area contributed by atoms with E-state index in [9.17, 15) is 0 Å². The second-order valence-electron chi connectivity index (χ2n) is 3.95. The molecule has 0 spiro atoms. The lowest BCUT2D eigenvalue weighted by Gasteiger charge is -2.12. The summed E-state index contributed by atoms with van der Waals surface area (Å²) in [6, 6.07) is 4.49. The molecular weight excluding hydrogens is 176 g/mol. The number of anilines is 1. The Morgan fingerprint density at radius 1 is 1.43 bits per heavy atom. The van der Waals surface area contributed by atoms with Gasteiger partial charge in [-0.15, -0.1) is 5.10 Å². The van der Waals surface area contributed by atoms with Gasteiger partial charge in [-0.05, 0) is 39.1 Å². The summed E-state index contributed by atoms with van der Waals surface area (Å²) >= 11 is 0. The molecule has 14 heavy (non-hydrogen) atoms. The third kappa shape index (κ3) is 2.20. The van der Waals surface area contributed by atoms with Crippen LogP contribution in [0.4, 0.5) is 5.82 Å². The predicted molar refractivity (Wildman–Crippen MR) is 56.3 cm³/mol. The van der Waals surface area contributed by atoms with E-state index >= 15 is 0 Å². The second-order valence-corrected chi connectivity index (χ2v) is 3.95. The molecule has 1 N–H and O–H groups in total. The first kappa shape index (κ1) is 9.40. The smallest absolute Gasteiger partial charge is 0.148 e. The van der Waals surface area contributed by atoms with Crippen molar-refractivity contribution in [2.45, 2.75) is 19.4 Å². The van der Waals surface area contributed by atoms with Gasteiger partial charge in [-0.1, -0.05) is 0 Å². The van der Waals surface area contributed by atoms with Crippen molar-refractivity contribution >= 4 is 5.82 Å². The van der Waals surface area contributed by atoms with E-state index in [0.29, 0.717) is 6.04 Å². The van der Waals surface area contributed by atoms with E-state index in [4.69, 9.17) is 0 Å². The topological polar surface area (TPSA) is 41.0 Å². The predicted octanol–water partition coefficient (Wildman–Crippen LogP) is 0.901. The molecule has 1 unspecified atom stereocenters. The first-order chi connectivity index (χ1) is 6.74. The second kappa shape index (κ2) is 3.92. The molecule has 2 heterocycles. The molecule has 1 aromatic rings. The monoisotopic (exact) mass is 192 g/mol. The first-order valence-electron chi connectivity index (χ1n) is 4.99. The Bertz CT molecular complexity index is 295. The van der Waals surface area contributed by atoms with Gasteiger partial charge in [0, 0.05) is 12.6 Å². The van der Waals surface area contributed by atoms with Crippen molar-refractivity contribution in [2.75, 3.05) is 25.5 Å². The standard InChI is InChI=1S/C10H16N4/c1-8-3-4-10(13-12-8)11-9-5-6-14(2)7-9/h3-4,9H,5-7H2,1-2H3,(H,11,13). The Labute approximate surface area is 84.3 Å². The Balaban J connectivity index is 1.94. The van der Waals surface area contributed by atoms with Crippen molar-refractivity contribution in [3.8, 4) is 0 Å². The molecule has 1 aliphatic heterocycles. The molecule has 0 bridgehead atoms. The normalized spacial score (nSPS) is 22.6. The molecule has 1 aromatic heterocycles. The molecule has 0 amide bonds. The number of nitrogens with one attached hydrogen (secondary N) is 1. The lowest BCUT2D eigenvalue weighted by molar-refractivity contribution is 0.414. The number of aromatic nitrogens is 2. The van der Waals surface area contributed by atoms with Gasteiger partial charge in [0.2, 0.25) is 0 Å². The number of hydrogen-bond acceptors (Lipinski definition) is 4. The Morgan fingerprint density at radius 2 is 2.29 bits per heavy atom. The van der Waals surface area contributed by atoms with Crippen molar-refractivity contribution < 1.29 is 0 Å². The molecule has 0 aromatic carbocycles. The number of aryl methyl sites for hydroxylation is 1. The number of hydrogen-bond donors (Lipinski definition) is 1. The fraction of sp³-hybridized carbons (Fsp3) is 0.600. The van der Waals surface area contributed by atoms with Gasteiger partial charge in [-0.2, -0.15) is 5.10 Å². The van der Waals surface area contributed by atoms with Gasteiger partial charge in [-0.3, -0.25) is 0 Å². The van der Waals surface area contributed by atoms with Gasteiger partial charge in [0.1, 0.15) is 5.82 Å². The van der Waals surface area contributed by atoms with Gasteiger partial charge in [-0.25, -0.2) is 0 Å². The van der Waals surface area contributed by atoms with Crippen LogP contribution < -0.4 is 5.32 Å². The Kier molecular flexibility index (Phi) is 2.63. The van der Waals surface area contributed by atoms with Gasteiger partial charge in [0.05, 0.1) is 5.69 Å². The summed E-state index contributed by atoms with van der Waals surface area (Å²) in [6.07, 6.45) is 1.19. The third-order valence-corrected chi connectivity index (χ3v) is 2.54. The summed E-state index contributed by atoms with van der Waals surface area (Å²) in [5, 5.41) is 11.5. The summed E-state index contributed by atoms with van der Waals surface area (Å²) in [5.74, 6) is 0.885. The van der Waals surface area contributed by atoms with Crippen LogP contribution in [0.15, 0.2) is 12.1 Å². The third-order valence-electron chi connectivity index (χ3n) is 2.54. The molecule has 4 nitrogen and oxygen atoms in total. The van der Waals surface area contributed by atoms with Crippen LogP contribution in [0.25, 0.3) is 0 Å². The molecule has 4 heteroatoms. The minimum Gasteiger partial charge on any atom is -0.365 e. The van der Waals surface area contributed by atoms with Crippen molar-refractivity contribution in [3.05, 3.63) is 17.8 Å². The maximum Gasteiger partial charge on any atom is 0.148 e. The number of likely N-dealkylation sites (tertiary alicyclic amines) is 1. The van der Waals surface area contributed by atoms with Crippen LogP contribution in [0.2, 0.25) is 0 Å². The van der Waals surface area contributed by atoms with Gasteiger partial charge in [0.25, 0.3) is 0 Å². The van der Waals surface area contributed by atoms with Crippen LogP contribution in [-0.2, 0) is 0 Å². The molecule has 0 saturated carbocycles. The highest BCUT2D eigenvalue weighted by Crippen LogP contribution is 2.11. The van der Waals surface area contributed by atoms with Gasteiger partial charge >= 0.3 is 0 Å². The van der Waals surface area contributed by atoms with E-state index in [-0.39, 0.29) is 0 Å². The Morgan fingerprint density at radius 3 is 2.86 bits per heavy atom. The fourth-order valence-corrected chi connectivity index (χ4v) is 1.74. The molecule has 2 rings (SSSR count). The maximum absolute atomic E-state index is 4.09. The average Bonchev–Trinajstić information content (AvgIpc) is 2.56.